The fraction of sp³-hybridized carbons (Fsp3) is 0.400. The maximum Gasteiger partial charge on any atom is 0.315 e. The minimum Gasteiger partial charge on any atom is -0.496 e. The molecule has 0 aliphatic heterocycles. The highest BCUT2D eigenvalue weighted by Crippen LogP contribution is 2.27. The van der Waals surface area contributed by atoms with Crippen molar-refractivity contribution in [1.29, 1.82) is 0 Å². The molecule has 1 atom stereocenters. The number of nitrogens with one attached hydrogen (secondary N) is 2. The number of amides is 2. The van der Waals surface area contributed by atoms with Gasteiger partial charge < -0.3 is 15.4 Å². The van der Waals surface area contributed by atoms with Crippen molar-refractivity contribution in [3.8, 4) is 5.75 Å². The second-order valence-corrected chi connectivity index (χ2v) is 4.93. The van der Waals surface area contributed by atoms with E-state index in [2.05, 4.69) is 20.8 Å². The van der Waals surface area contributed by atoms with Gasteiger partial charge in [-0.25, -0.2) is 9.18 Å². The number of rotatable bonds is 6. The van der Waals surface area contributed by atoms with Crippen LogP contribution < -0.4 is 15.4 Å². The summed E-state index contributed by atoms with van der Waals surface area (Å²) in [6.07, 6.45) is 1.59. The van der Waals surface area contributed by atoms with Gasteiger partial charge in [-0.15, -0.1) is 0 Å². The number of methoxy groups -OCH3 is 1. The van der Waals surface area contributed by atoms with E-state index >= 15 is 0 Å². The quantitative estimate of drug-likeness (QED) is 0.853. The number of benzene rings is 1. The van der Waals surface area contributed by atoms with E-state index in [4.69, 9.17) is 4.74 Å². The lowest BCUT2D eigenvalue weighted by molar-refractivity contribution is 0.237. The van der Waals surface area contributed by atoms with Gasteiger partial charge in [0, 0.05) is 0 Å². The topological polar surface area (TPSA) is 81.1 Å². The molecule has 1 aromatic carbocycles. The lowest BCUT2D eigenvalue weighted by Gasteiger charge is -2.18. The molecule has 2 rings (SSSR count). The molecule has 23 heavy (non-hydrogen) atoms. The van der Waals surface area contributed by atoms with Crippen LogP contribution in [0.1, 0.15) is 31.1 Å². The third-order valence-electron chi connectivity index (χ3n) is 3.31. The molecule has 7 nitrogen and oxygen atoms in total. The molecule has 2 N–H and O–H groups in total. The first kappa shape index (κ1) is 16.7. The fourth-order valence-electron chi connectivity index (χ4n) is 2.17. The molecule has 0 spiro atoms. The van der Waals surface area contributed by atoms with Crippen molar-refractivity contribution in [2.24, 2.45) is 0 Å². The molecule has 124 valence electrons. The largest absolute Gasteiger partial charge is 0.496 e. The highest BCUT2D eigenvalue weighted by molar-refractivity contribution is 5.74. The van der Waals surface area contributed by atoms with E-state index in [1.807, 2.05) is 6.92 Å². The highest BCUT2D eigenvalue weighted by Gasteiger charge is 2.18. The molecule has 0 saturated carbocycles. The zero-order valence-electron chi connectivity index (χ0n) is 13.3. The van der Waals surface area contributed by atoms with Crippen LogP contribution in [0.25, 0.3) is 0 Å². The van der Waals surface area contributed by atoms with E-state index < -0.39 is 17.9 Å². The predicted octanol–water partition coefficient (Wildman–Crippen LogP) is 2.01. The van der Waals surface area contributed by atoms with E-state index in [1.54, 1.807) is 25.3 Å². The number of carbonyl (C=O) groups excluding carboxylic acids is 1. The van der Waals surface area contributed by atoms with Crippen LogP contribution in [0.2, 0.25) is 0 Å². The molecule has 0 saturated heterocycles. The number of hydrogen-bond donors (Lipinski definition) is 2. The molecule has 2 amide bonds. The van der Waals surface area contributed by atoms with Gasteiger partial charge in [-0.1, -0.05) is 6.07 Å². The van der Waals surface area contributed by atoms with E-state index in [0.29, 0.717) is 23.6 Å². The number of carbonyl (C=O) groups is 1. The van der Waals surface area contributed by atoms with E-state index in [0.717, 1.165) is 0 Å². The number of aromatic nitrogens is 3. The van der Waals surface area contributed by atoms with Gasteiger partial charge in [0.25, 0.3) is 0 Å². The standard InChI is InChI=1S/C15H20FN5O2/c1-4-21-18-9-11(20-21)8-17-15(22)19-10(2)14-12(16)6-5-7-13(14)23-3/h5-7,9-10H,4,8H2,1-3H3,(H2,17,19,22). The van der Waals surface area contributed by atoms with Gasteiger partial charge in [0.15, 0.2) is 0 Å². The molecular formula is C15H20FN5O2. The van der Waals surface area contributed by atoms with Crippen LogP contribution in [0.5, 0.6) is 5.75 Å². The number of hydrogen-bond acceptors (Lipinski definition) is 4. The number of halogens is 1. The Morgan fingerprint density at radius 2 is 2.26 bits per heavy atom. The Morgan fingerprint density at radius 3 is 2.91 bits per heavy atom. The summed E-state index contributed by atoms with van der Waals surface area (Å²) in [5, 5.41) is 13.5. The van der Waals surface area contributed by atoms with Crippen LogP contribution >= 0.6 is 0 Å². The van der Waals surface area contributed by atoms with Crippen molar-refractivity contribution in [3.63, 3.8) is 0 Å². The van der Waals surface area contributed by atoms with Crippen LogP contribution in [-0.4, -0.2) is 28.1 Å². The molecule has 1 aromatic heterocycles. The summed E-state index contributed by atoms with van der Waals surface area (Å²) in [5.74, 6) is -0.0354. The van der Waals surface area contributed by atoms with Crippen LogP contribution in [0.15, 0.2) is 24.4 Å². The first-order valence-corrected chi connectivity index (χ1v) is 7.31. The summed E-state index contributed by atoms with van der Waals surface area (Å²) in [4.78, 5) is 13.5. The van der Waals surface area contributed by atoms with E-state index in [-0.39, 0.29) is 6.54 Å². The average Bonchev–Trinajstić information content (AvgIpc) is 3.00. The van der Waals surface area contributed by atoms with Crippen molar-refractivity contribution < 1.29 is 13.9 Å². The van der Waals surface area contributed by atoms with Crippen molar-refractivity contribution in [1.82, 2.24) is 25.6 Å². The first-order valence-electron chi connectivity index (χ1n) is 7.31. The maximum absolute atomic E-state index is 14.0. The second-order valence-electron chi connectivity index (χ2n) is 4.93. The van der Waals surface area contributed by atoms with Gasteiger partial charge in [0.1, 0.15) is 17.3 Å². The Kier molecular flexibility index (Phi) is 5.51. The Hall–Kier alpha value is -2.64. The summed E-state index contributed by atoms with van der Waals surface area (Å²) < 4.78 is 19.1. The van der Waals surface area contributed by atoms with Gasteiger partial charge in [-0.3, -0.25) is 0 Å². The molecule has 0 fully saturated rings. The molecule has 0 aliphatic rings. The summed E-state index contributed by atoms with van der Waals surface area (Å²) >= 11 is 0. The minimum atomic E-state index is -0.544. The predicted molar refractivity (Wildman–Crippen MR) is 82.4 cm³/mol. The Balaban J connectivity index is 1.94. The minimum absolute atomic E-state index is 0.243. The third kappa shape index (κ3) is 4.18. The van der Waals surface area contributed by atoms with Crippen LogP contribution in [-0.2, 0) is 13.1 Å². The smallest absolute Gasteiger partial charge is 0.315 e. The summed E-state index contributed by atoms with van der Waals surface area (Å²) in [6, 6.07) is 3.57. The molecular weight excluding hydrogens is 301 g/mol. The Morgan fingerprint density at radius 1 is 1.48 bits per heavy atom. The molecule has 2 aromatic rings. The lowest BCUT2D eigenvalue weighted by atomic mass is 10.1. The van der Waals surface area contributed by atoms with Gasteiger partial charge in [-0.2, -0.15) is 15.0 Å². The fourth-order valence-corrected chi connectivity index (χ4v) is 2.17. The van der Waals surface area contributed by atoms with Crippen molar-refractivity contribution in [3.05, 3.63) is 41.5 Å². The van der Waals surface area contributed by atoms with Gasteiger partial charge in [0.2, 0.25) is 0 Å². The zero-order chi connectivity index (χ0) is 16.8. The molecule has 8 heteroatoms. The molecule has 1 unspecified atom stereocenters. The zero-order valence-corrected chi connectivity index (χ0v) is 13.3. The van der Waals surface area contributed by atoms with E-state index in [1.165, 1.54) is 18.0 Å². The second kappa shape index (κ2) is 7.57. The molecule has 0 aliphatic carbocycles. The van der Waals surface area contributed by atoms with Gasteiger partial charge in [0.05, 0.1) is 38.0 Å². The van der Waals surface area contributed by atoms with Gasteiger partial charge in [-0.05, 0) is 26.0 Å². The molecule has 0 bridgehead atoms. The van der Waals surface area contributed by atoms with Crippen LogP contribution in [0.4, 0.5) is 9.18 Å². The first-order chi connectivity index (χ1) is 11.0. The van der Waals surface area contributed by atoms with Crippen LogP contribution in [0.3, 0.4) is 0 Å². The van der Waals surface area contributed by atoms with Crippen molar-refractivity contribution in [2.75, 3.05) is 7.11 Å². The SMILES string of the molecule is CCn1ncc(CNC(=O)NC(C)c2c(F)cccc2OC)n1. The molecule has 1 heterocycles. The monoisotopic (exact) mass is 321 g/mol. The summed E-state index contributed by atoms with van der Waals surface area (Å²) in [5.41, 5.74) is 0.959. The third-order valence-corrected chi connectivity index (χ3v) is 3.31. The number of ether oxygens (including phenoxy) is 1. The number of nitrogens with zero attached hydrogens (tertiary/aromatic N) is 3. The Labute approximate surface area is 133 Å². The lowest BCUT2D eigenvalue weighted by Crippen LogP contribution is -2.37. The number of urea groups is 1. The van der Waals surface area contributed by atoms with Crippen molar-refractivity contribution in [2.45, 2.75) is 33.0 Å². The average molecular weight is 321 g/mol. The van der Waals surface area contributed by atoms with Gasteiger partial charge >= 0.3 is 6.03 Å². The highest BCUT2D eigenvalue weighted by atomic mass is 19.1. The Bertz CT molecular complexity index is 674. The summed E-state index contributed by atoms with van der Waals surface area (Å²) in [7, 11) is 1.46. The molecule has 0 radical (unpaired) electrons. The van der Waals surface area contributed by atoms with E-state index in [9.17, 15) is 9.18 Å². The van der Waals surface area contributed by atoms with Crippen LogP contribution in [0, 0.1) is 5.82 Å². The summed E-state index contributed by atoms with van der Waals surface area (Å²) in [6.45, 7) is 4.52. The van der Waals surface area contributed by atoms with Crippen molar-refractivity contribution >= 4 is 6.03 Å². The normalized spacial score (nSPS) is 11.8. The number of aryl methyl sites for hydroxylation is 1. The maximum atomic E-state index is 14.0.